The van der Waals surface area contributed by atoms with Gasteiger partial charge in [0.2, 0.25) is 0 Å². The Morgan fingerprint density at radius 3 is 2.65 bits per heavy atom. The number of rotatable bonds is 6. The van der Waals surface area contributed by atoms with Gasteiger partial charge in [0.15, 0.2) is 0 Å². The molecule has 1 unspecified atom stereocenters. The lowest BCUT2D eigenvalue weighted by Gasteiger charge is -2.20. The van der Waals surface area contributed by atoms with E-state index in [0.29, 0.717) is 6.04 Å². The third kappa shape index (κ3) is 3.93. The first-order valence-corrected chi connectivity index (χ1v) is 6.29. The standard InChI is InChI=1S/C14H23N3/c1-6-13-12(9-11(5)16-17-13)14(15-7-2)8-10(3)4/h9,14-15H,3,6-8H2,1-2,4-5H3. The molecule has 1 aromatic rings. The molecule has 0 radical (unpaired) electrons. The fraction of sp³-hybridized carbons (Fsp3) is 0.571. The first-order valence-electron chi connectivity index (χ1n) is 6.29. The second kappa shape index (κ2) is 6.50. The van der Waals surface area contributed by atoms with Gasteiger partial charge in [0.05, 0.1) is 11.4 Å². The summed E-state index contributed by atoms with van der Waals surface area (Å²) < 4.78 is 0. The molecule has 94 valence electrons. The zero-order chi connectivity index (χ0) is 12.8. The van der Waals surface area contributed by atoms with Crippen molar-refractivity contribution < 1.29 is 0 Å². The van der Waals surface area contributed by atoms with Gasteiger partial charge in [0.1, 0.15) is 0 Å². The van der Waals surface area contributed by atoms with Gasteiger partial charge in [-0.3, -0.25) is 0 Å². The number of nitrogens with one attached hydrogen (secondary N) is 1. The van der Waals surface area contributed by atoms with Crippen molar-refractivity contribution in [1.82, 2.24) is 15.5 Å². The number of hydrogen-bond acceptors (Lipinski definition) is 3. The highest BCUT2D eigenvalue weighted by molar-refractivity contribution is 5.26. The molecule has 17 heavy (non-hydrogen) atoms. The molecule has 0 saturated heterocycles. The Kier molecular flexibility index (Phi) is 5.29. The van der Waals surface area contributed by atoms with Crippen LogP contribution in [0.25, 0.3) is 0 Å². The molecule has 1 N–H and O–H groups in total. The molecule has 3 nitrogen and oxygen atoms in total. The van der Waals surface area contributed by atoms with E-state index in [0.717, 1.165) is 30.8 Å². The van der Waals surface area contributed by atoms with Crippen molar-refractivity contribution in [2.45, 2.75) is 46.6 Å². The first-order chi connectivity index (χ1) is 8.08. The zero-order valence-electron chi connectivity index (χ0n) is 11.4. The van der Waals surface area contributed by atoms with E-state index in [4.69, 9.17) is 0 Å². The summed E-state index contributed by atoms with van der Waals surface area (Å²) in [6.07, 6.45) is 1.87. The maximum Gasteiger partial charge on any atom is 0.0676 e. The SMILES string of the molecule is C=C(C)CC(NCC)c1cc(C)nnc1CC. The minimum atomic E-state index is 0.307. The van der Waals surface area contributed by atoms with Crippen LogP contribution in [0.15, 0.2) is 18.2 Å². The van der Waals surface area contributed by atoms with Crippen LogP contribution in [0.3, 0.4) is 0 Å². The van der Waals surface area contributed by atoms with Crippen LogP contribution in [0.5, 0.6) is 0 Å². The van der Waals surface area contributed by atoms with E-state index in [1.165, 1.54) is 11.1 Å². The molecular formula is C14H23N3. The third-order valence-electron chi connectivity index (χ3n) is 2.74. The molecule has 1 rings (SSSR count). The fourth-order valence-electron chi connectivity index (χ4n) is 2.00. The Bertz CT molecular complexity index is 385. The zero-order valence-corrected chi connectivity index (χ0v) is 11.4. The van der Waals surface area contributed by atoms with E-state index in [9.17, 15) is 0 Å². The largest absolute Gasteiger partial charge is 0.310 e. The van der Waals surface area contributed by atoms with E-state index in [2.05, 4.69) is 48.9 Å². The molecule has 0 aliphatic rings. The normalized spacial score (nSPS) is 12.5. The number of aromatic nitrogens is 2. The Labute approximate surface area is 104 Å². The van der Waals surface area contributed by atoms with Crippen LogP contribution >= 0.6 is 0 Å². The van der Waals surface area contributed by atoms with Gasteiger partial charge in [0.25, 0.3) is 0 Å². The minimum absolute atomic E-state index is 0.307. The van der Waals surface area contributed by atoms with Crippen molar-refractivity contribution in [1.29, 1.82) is 0 Å². The van der Waals surface area contributed by atoms with Gasteiger partial charge >= 0.3 is 0 Å². The predicted molar refractivity (Wildman–Crippen MR) is 72.0 cm³/mol. The van der Waals surface area contributed by atoms with E-state index < -0.39 is 0 Å². The van der Waals surface area contributed by atoms with Gasteiger partial charge in [-0.25, -0.2) is 0 Å². The maximum absolute atomic E-state index is 4.29. The van der Waals surface area contributed by atoms with Gasteiger partial charge in [-0.05, 0) is 44.9 Å². The van der Waals surface area contributed by atoms with E-state index >= 15 is 0 Å². The molecule has 0 amide bonds. The summed E-state index contributed by atoms with van der Waals surface area (Å²) in [4.78, 5) is 0. The van der Waals surface area contributed by atoms with Crippen molar-refractivity contribution in [3.8, 4) is 0 Å². The van der Waals surface area contributed by atoms with Crippen LogP contribution in [0.4, 0.5) is 0 Å². The predicted octanol–water partition coefficient (Wildman–Crippen LogP) is 2.96. The lowest BCUT2D eigenvalue weighted by Crippen LogP contribution is -2.23. The quantitative estimate of drug-likeness (QED) is 0.768. The Morgan fingerprint density at radius 1 is 1.41 bits per heavy atom. The highest BCUT2D eigenvalue weighted by atomic mass is 15.1. The van der Waals surface area contributed by atoms with Gasteiger partial charge < -0.3 is 5.32 Å². The van der Waals surface area contributed by atoms with Gasteiger partial charge in [0, 0.05) is 6.04 Å². The summed E-state index contributed by atoms with van der Waals surface area (Å²) in [5.41, 5.74) is 4.52. The van der Waals surface area contributed by atoms with Gasteiger partial charge in [-0.15, -0.1) is 6.58 Å². The molecule has 0 aliphatic carbocycles. The Hall–Kier alpha value is -1.22. The van der Waals surface area contributed by atoms with E-state index in [1.54, 1.807) is 0 Å². The Balaban J connectivity index is 3.06. The second-order valence-electron chi connectivity index (χ2n) is 4.51. The van der Waals surface area contributed by atoms with Crippen molar-refractivity contribution in [3.63, 3.8) is 0 Å². The molecule has 1 heterocycles. The number of hydrogen-bond donors (Lipinski definition) is 1. The minimum Gasteiger partial charge on any atom is -0.310 e. The summed E-state index contributed by atoms with van der Waals surface area (Å²) >= 11 is 0. The number of aryl methyl sites for hydroxylation is 2. The van der Waals surface area contributed by atoms with Crippen LogP contribution in [0.2, 0.25) is 0 Å². The molecule has 0 bridgehead atoms. The molecule has 0 saturated carbocycles. The number of nitrogens with zero attached hydrogens (tertiary/aromatic N) is 2. The fourth-order valence-corrected chi connectivity index (χ4v) is 2.00. The van der Waals surface area contributed by atoms with Crippen LogP contribution in [-0.2, 0) is 6.42 Å². The van der Waals surface area contributed by atoms with Gasteiger partial charge in [-0.2, -0.15) is 10.2 Å². The van der Waals surface area contributed by atoms with E-state index in [1.807, 2.05) is 6.92 Å². The van der Waals surface area contributed by atoms with Crippen molar-refractivity contribution in [3.05, 3.63) is 35.2 Å². The summed E-state index contributed by atoms with van der Waals surface area (Å²) in [5, 5.41) is 11.9. The lowest BCUT2D eigenvalue weighted by molar-refractivity contribution is 0.538. The molecule has 1 aromatic heterocycles. The Morgan fingerprint density at radius 2 is 2.12 bits per heavy atom. The van der Waals surface area contributed by atoms with E-state index in [-0.39, 0.29) is 0 Å². The molecule has 3 heteroatoms. The summed E-state index contributed by atoms with van der Waals surface area (Å²) in [6.45, 7) is 13.2. The van der Waals surface area contributed by atoms with Crippen LogP contribution in [0.1, 0.15) is 50.2 Å². The smallest absolute Gasteiger partial charge is 0.0676 e. The molecule has 0 aromatic carbocycles. The maximum atomic E-state index is 4.29. The summed E-state index contributed by atoms with van der Waals surface area (Å²) in [7, 11) is 0. The average molecular weight is 233 g/mol. The van der Waals surface area contributed by atoms with Gasteiger partial charge in [-0.1, -0.05) is 19.4 Å². The monoisotopic (exact) mass is 233 g/mol. The van der Waals surface area contributed by atoms with Crippen LogP contribution < -0.4 is 5.32 Å². The van der Waals surface area contributed by atoms with Crippen molar-refractivity contribution in [2.24, 2.45) is 0 Å². The van der Waals surface area contributed by atoms with Crippen molar-refractivity contribution in [2.75, 3.05) is 6.54 Å². The second-order valence-corrected chi connectivity index (χ2v) is 4.51. The molecular weight excluding hydrogens is 210 g/mol. The third-order valence-corrected chi connectivity index (χ3v) is 2.74. The summed E-state index contributed by atoms with van der Waals surface area (Å²) in [5.74, 6) is 0. The van der Waals surface area contributed by atoms with Crippen LogP contribution in [-0.4, -0.2) is 16.7 Å². The lowest BCUT2D eigenvalue weighted by atomic mass is 9.97. The molecule has 0 spiro atoms. The first kappa shape index (κ1) is 13.8. The highest BCUT2D eigenvalue weighted by Gasteiger charge is 2.15. The molecule has 1 atom stereocenters. The highest BCUT2D eigenvalue weighted by Crippen LogP contribution is 2.23. The van der Waals surface area contributed by atoms with Crippen molar-refractivity contribution >= 4 is 0 Å². The van der Waals surface area contributed by atoms with Crippen LogP contribution in [0, 0.1) is 6.92 Å². The molecule has 0 aliphatic heterocycles. The molecule has 0 fully saturated rings. The topological polar surface area (TPSA) is 37.8 Å². The summed E-state index contributed by atoms with van der Waals surface area (Å²) in [6, 6.07) is 2.45. The average Bonchev–Trinajstić information content (AvgIpc) is 2.28.